The molecule has 1 saturated carbocycles. The molecule has 2 aromatic rings. The van der Waals surface area contributed by atoms with Crippen LogP contribution in [0.3, 0.4) is 0 Å². The number of pyridine rings is 1. The number of hydrogen-bond donors (Lipinski definition) is 1. The fraction of sp³-hybridized carbons (Fsp3) is 0.421. The van der Waals surface area contributed by atoms with Crippen LogP contribution in [0.1, 0.15) is 28.9 Å². The molecule has 1 saturated heterocycles. The molecular formula is C19H20N4O3. The lowest BCUT2D eigenvalue weighted by atomic mass is 9.92. The predicted molar refractivity (Wildman–Crippen MR) is 93.2 cm³/mol. The molecule has 2 atom stereocenters. The molecule has 1 aliphatic heterocycles. The van der Waals surface area contributed by atoms with Crippen LogP contribution in [-0.4, -0.2) is 49.9 Å². The fourth-order valence-electron chi connectivity index (χ4n) is 3.74. The second kappa shape index (κ2) is 6.48. The van der Waals surface area contributed by atoms with Gasteiger partial charge in [0.15, 0.2) is 5.82 Å². The summed E-state index contributed by atoms with van der Waals surface area (Å²) in [6.45, 7) is 2.54. The van der Waals surface area contributed by atoms with Gasteiger partial charge in [0.25, 0.3) is 5.91 Å². The Balaban J connectivity index is 1.56. The second-order valence-electron chi connectivity index (χ2n) is 7.09. The van der Waals surface area contributed by atoms with Crippen LogP contribution < -0.4 is 0 Å². The molecular weight excluding hydrogens is 332 g/mol. The Morgan fingerprint density at radius 2 is 2.04 bits per heavy atom. The van der Waals surface area contributed by atoms with Crippen molar-refractivity contribution in [3.05, 3.63) is 42.0 Å². The fourth-order valence-corrected chi connectivity index (χ4v) is 3.74. The van der Waals surface area contributed by atoms with Gasteiger partial charge in [0.2, 0.25) is 0 Å². The third kappa shape index (κ3) is 3.05. The summed E-state index contributed by atoms with van der Waals surface area (Å²) in [6.07, 6.45) is 7.02. The highest BCUT2D eigenvalue weighted by Crippen LogP contribution is 2.44. The quantitative estimate of drug-likeness (QED) is 0.904. The van der Waals surface area contributed by atoms with Crippen LogP contribution in [-0.2, 0) is 4.79 Å². The number of nitrogens with zero attached hydrogens (tertiary/aromatic N) is 4. The first-order valence-electron chi connectivity index (χ1n) is 8.80. The van der Waals surface area contributed by atoms with Crippen LogP contribution in [0, 0.1) is 24.7 Å². The van der Waals surface area contributed by atoms with Gasteiger partial charge in [0.05, 0.1) is 17.2 Å². The number of aryl methyl sites for hydroxylation is 1. The molecule has 0 spiro atoms. The first-order valence-corrected chi connectivity index (χ1v) is 8.80. The maximum absolute atomic E-state index is 12.9. The molecule has 4 rings (SSSR count). The van der Waals surface area contributed by atoms with Crippen LogP contribution in [0.15, 0.2) is 30.7 Å². The molecule has 2 aliphatic rings. The third-order valence-electron chi connectivity index (χ3n) is 5.33. The van der Waals surface area contributed by atoms with Gasteiger partial charge >= 0.3 is 5.97 Å². The average molecular weight is 352 g/mol. The van der Waals surface area contributed by atoms with Crippen molar-refractivity contribution in [3.63, 3.8) is 0 Å². The van der Waals surface area contributed by atoms with Crippen LogP contribution in [0.2, 0.25) is 0 Å². The molecule has 7 heteroatoms. The maximum atomic E-state index is 12.9. The van der Waals surface area contributed by atoms with Gasteiger partial charge in [-0.25, -0.2) is 9.97 Å². The Bertz CT molecular complexity index is 851. The zero-order chi connectivity index (χ0) is 18.3. The summed E-state index contributed by atoms with van der Waals surface area (Å²) in [4.78, 5) is 38.9. The number of likely N-dealkylation sites (tertiary alicyclic amines) is 1. The minimum atomic E-state index is -0.808. The third-order valence-corrected chi connectivity index (χ3v) is 5.33. The SMILES string of the molecule is Cc1nc(-c2cccnc2)ncc1C(=O)N1C[C@H](C(=O)O)[C@@H](C2CC2)C1. The molecule has 1 aliphatic carbocycles. The van der Waals surface area contributed by atoms with E-state index < -0.39 is 11.9 Å². The van der Waals surface area contributed by atoms with E-state index in [0.717, 1.165) is 18.4 Å². The van der Waals surface area contributed by atoms with E-state index in [2.05, 4.69) is 15.0 Å². The van der Waals surface area contributed by atoms with Gasteiger partial charge in [-0.15, -0.1) is 0 Å². The van der Waals surface area contributed by atoms with Crippen LogP contribution in [0.5, 0.6) is 0 Å². The van der Waals surface area contributed by atoms with Gasteiger partial charge in [-0.1, -0.05) is 0 Å². The molecule has 0 aromatic carbocycles. The van der Waals surface area contributed by atoms with E-state index in [1.165, 1.54) is 6.20 Å². The number of amides is 1. The smallest absolute Gasteiger partial charge is 0.308 e. The van der Waals surface area contributed by atoms with E-state index in [0.29, 0.717) is 29.5 Å². The highest BCUT2D eigenvalue weighted by molar-refractivity contribution is 5.95. The van der Waals surface area contributed by atoms with Crippen molar-refractivity contribution >= 4 is 11.9 Å². The number of aliphatic carboxylic acids is 1. The minimum absolute atomic E-state index is 0.0624. The zero-order valence-corrected chi connectivity index (χ0v) is 14.5. The van der Waals surface area contributed by atoms with Gasteiger partial charge in [-0.05, 0) is 43.7 Å². The average Bonchev–Trinajstić information content (AvgIpc) is 3.39. The molecule has 0 radical (unpaired) electrons. The monoisotopic (exact) mass is 352 g/mol. The Kier molecular flexibility index (Phi) is 4.14. The van der Waals surface area contributed by atoms with E-state index >= 15 is 0 Å². The van der Waals surface area contributed by atoms with Crippen molar-refractivity contribution in [2.45, 2.75) is 19.8 Å². The van der Waals surface area contributed by atoms with Crippen molar-refractivity contribution in [1.29, 1.82) is 0 Å². The molecule has 0 unspecified atom stereocenters. The van der Waals surface area contributed by atoms with Gasteiger partial charge in [0, 0.05) is 37.2 Å². The predicted octanol–water partition coefficient (Wildman–Crippen LogP) is 2.03. The van der Waals surface area contributed by atoms with Crippen molar-refractivity contribution in [1.82, 2.24) is 19.9 Å². The highest BCUT2D eigenvalue weighted by atomic mass is 16.4. The first kappa shape index (κ1) is 16.6. The van der Waals surface area contributed by atoms with Crippen LogP contribution >= 0.6 is 0 Å². The summed E-state index contributed by atoms with van der Waals surface area (Å²) < 4.78 is 0. The van der Waals surface area contributed by atoms with Crippen molar-refractivity contribution < 1.29 is 14.7 Å². The van der Waals surface area contributed by atoms with Crippen molar-refractivity contribution in [2.24, 2.45) is 17.8 Å². The van der Waals surface area contributed by atoms with Crippen molar-refractivity contribution in [2.75, 3.05) is 13.1 Å². The van der Waals surface area contributed by atoms with Crippen molar-refractivity contribution in [3.8, 4) is 11.4 Å². The van der Waals surface area contributed by atoms with E-state index in [1.807, 2.05) is 6.07 Å². The molecule has 2 aromatic heterocycles. The van der Waals surface area contributed by atoms with E-state index in [9.17, 15) is 14.7 Å². The lowest BCUT2D eigenvalue weighted by Gasteiger charge is -2.17. The van der Waals surface area contributed by atoms with Crippen LogP contribution in [0.25, 0.3) is 11.4 Å². The summed E-state index contributed by atoms with van der Waals surface area (Å²) in [5, 5.41) is 9.48. The summed E-state index contributed by atoms with van der Waals surface area (Å²) in [7, 11) is 0. The Morgan fingerprint density at radius 3 is 2.65 bits per heavy atom. The topological polar surface area (TPSA) is 96.3 Å². The first-order chi connectivity index (χ1) is 12.5. The summed E-state index contributed by atoms with van der Waals surface area (Å²) in [5.74, 6) is -0.437. The van der Waals surface area contributed by atoms with Gasteiger partial charge in [0.1, 0.15) is 0 Å². The lowest BCUT2D eigenvalue weighted by molar-refractivity contribution is -0.142. The largest absolute Gasteiger partial charge is 0.481 e. The number of carboxylic acid groups (broad SMARTS) is 1. The van der Waals surface area contributed by atoms with E-state index in [1.54, 1.807) is 30.3 Å². The number of carboxylic acids is 1. The zero-order valence-electron chi connectivity index (χ0n) is 14.5. The summed E-state index contributed by atoms with van der Waals surface area (Å²) >= 11 is 0. The number of hydrogen-bond acceptors (Lipinski definition) is 5. The van der Waals surface area contributed by atoms with E-state index in [-0.39, 0.29) is 18.4 Å². The number of aromatic nitrogens is 3. The van der Waals surface area contributed by atoms with E-state index in [4.69, 9.17) is 0 Å². The Hall–Kier alpha value is -2.83. The summed E-state index contributed by atoms with van der Waals surface area (Å²) in [6, 6.07) is 3.67. The van der Waals surface area contributed by atoms with Gasteiger partial charge < -0.3 is 10.0 Å². The molecule has 26 heavy (non-hydrogen) atoms. The Morgan fingerprint density at radius 1 is 1.23 bits per heavy atom. The normalized spacial score (nSPS) is 22.4. The van der Waals surface area contributed by atoms with Gasteiger partial charge in [-0.3, -0.25) is 14.6 Å². The molecule has 7 nitrogen and oxygen atoms in total. The molecule has 134 valence electrons. The molecule has 1 N–H and O–H groups in total. The molecule has 3 heterocycles. The second-order valence-corrected chi connectivity index (χ2v) is 7.09. The number of rotatable bonds is 4. The maximum Gasteiger partial charge on any atom is 0.308 e. The van der Waals surface area contributed by atoms with Crippen LogP contribution in [0.4, 0.5) is 0 Å². The highest BCUT2D eigenvalue weighted by Gasteiger charge is 2.47. The molecule has 1 amide bonds. The number of carbonyl (C=O) groups is 2. The molecule has 2 fully saturated rings. The lowest BCUT2D eigenvalue weighted by Crippen LogP contribution is -2.30. The molecule has 0 bridgehead atoms. The number of carbonyl (C=O) groups excluding carboxylic acids is 1. The Labute approximate surface area is 151 Å². The van der Waals surface area contributed by atoms with Gasteiger partial charge in [-0.2, -0.15) is 0 Å². The summed E-state index contributed by atoms with van der Waals surface area (Å²) in [5.41, 5.74) is 1.80. The standard InChI is InChI=1S/C19H20N4O3/c1-11-14(8-21-17(22-11)13-3-2-6-20-7-13)18(24)23-9-15(12-4-5-12)16(10-23)19(25)26/h2-3,6-8,12,15-16H,4-5,9-10H2,1H3,(H,25,26)/t15-,16+/m1/s1. The minimum Gasteiger partial charge on any atom is -0.481 e.